The van der Waals surface area contributed by atoms with E-state index in [1.807, 2.05) is 60.8 Å². The molecule has 2 aromatic heterocycles. The van der Waals surface area contributed by atoms with Crippen molar-refractivity contribution < 1.29 is 14.3 Å². The third-order valence-electron chi connectivity index (χ3n) is 7.39. The predicted octanol–water partition coefficient (Wildman–Crippen LogP) is 4.75. The van der Waals surface area contributed by atoms with Gasteiger partial charge in [0.15, 0.2) is 5.82 Å². The van der Waals surface area contributed by atoms with Gasteiger partial charge in [-0.15, -0.1) is 10.2 Å². The maximum atomic E-state index is 13.3. The number of aromatic amines is 1. The molecule has 9 nitrogen and oxygen atoms in total. The van der Waals surface area contributed by atoms with Crippen molar-refractivity contribution in [2.75, 3.05) is 14.2 Å². The molecule has 9 heteroatoms. The SMILES string of the molecule is COc1cc(Cn2c(CCc3ccccc3)nnc2[C@@H](Cc2c[nH]c3ccccc23)NC(=O)C(C)(C)N)cc(OC)c1. The van der Waals surface area contributed by atoms with Crippen LogP contribution in [0, 0.1) is 0 Å². The molecule has 0 spiro atoms. The summed E-state index contributed by atoms with van der Waals surface area (Å²) in [7, 11) is 3.27. The molecule has 0 unspecified atom stereocenters. The number of benzene rings is 3. The number of nitrogens with zero attached hydrogens (tertiary/aromatic N) is 3. The molecule has 218 valence electrons. The molecule has 42 heavy (non-hydrogen) atoms. The van der Waals surface area contributed by atoms with E-state index < -0.39 is 11.6 Å². The third-order valence-corrected chi connectivity index (χ3v) is 7.39. The zero-order valence-corrected chi connectivity index (χ0v) is 24.6. The van der Waals surface area contributed by atoms with E-state index in [0.29, 0.717) is 36.7 Å². The summed E-state index contributed by atoms with van der Waals surface area (Å²) in [6.07, 6.45) is 3.97. The Morgan fingerprint density at radius 2 is 1.64 bits per heavy atom. The zero-order valence-electron chi connectivity index (χ0n) is 24.6. The number of hydrogen-bond donors (Lipinski definition) is 3. The monoisotopic (exact) mass is 566 g/mol. The second-order valence-electron chi connectivity index (χ2n) is 11.1. The van der Waals surface area contributed by atoms with Crippen LogP contribution in [0.2, 0.25) is 0 Å². The maximum absolute atomic E-state index is 13.3. The van der Waals surface area contributed by atoms with E-state index in [1.54, 1.807) is 28.1 Å². The molecule has 0 bridgehead atoms. The van der Waals surface area contributed by atoms with Crippen molar-refractivity contribution in [3.63, 3.8) is 0 Å². The average Bonchev–Trinajstić information content (AvgIpc) is 3.59. The molecule has 0 aliphatic heterocycles. The minimum Gasteiger partial charge on any atom is -0.497 e. The Labute approximate surface area is 246 Å². The van der Waals surface area contributed by atoms with E-state index in [9.17, 15) is 4.79 Å². The van der Waals surface area contributed by atoms with Gasteiger partial charge in [0.1, 0.15) is 17.3 Å². The topological polar surface area (TPSA) is 120 Å². The molecule has 0 aliphatic carbocycles. The number of ether oxygens (including phenoxy) is 2. The van der Waals surface area contributed by atoms with Crippen LogP contribution in [-0.4, -0.2) is 45.4 Å². The molecule has 5 aromatic rings. The molecule has 4 N–H and O–H groups in total. The number of carbonyl (C=O) groups excluding carboxylic acids is 1. The molecule has 1 atom stereocenters. The predicted molar refractivity (Wildman–Crippen MR) is 164 cm³/mol. The van der Waals surface area contributed by atoms with Gasteiger partial charge in [-0.25, -0.2) is 0 Å². The van der Waals surface area contributed by atoms with E-state index in [-0.39, 0.29) is 5.91 Å². The van der Waals surface area contributed by atoms with E-state index >= 15 is 0 Å². The molecule has 0 fully saturated rings. The highest BCUT2D eigenvalue weighted by molar-refractivity contribution is 5.86. The number of fused-ring (bicyclic) bond motifs is 1. The number of rotatable bonds is 12. The summed E-state index contributed by atoms with van der Waals surface area (Å²) in [6.45, 7) is 3.86. The number of aryl methyl sites for hydroxylation is 2. The summed E-state index contributed by atoms with van der Waals surface area (Å²) in [4.78, 5) is 16.6. The molecule has 1 amide bonds. The van der Waals surface area contributed by atoms with Gasteiger partial charge < -0.3 is 30.1 Å². The fourth-order valence-corrected chi connectivity index (χ4v) is 5.08. The summed E-state index contributed by atoms with van der Waals surface area (Å²) < 4.78 is 13.2. The molecular formula is C33H38N6O3. The largest absolute Gasteiger partial charge is 0.497 e. The number of nitrogens with one attached hydrogen (secondary N) is 2. The van der Waals surface area contributed by atoms with Crippen LogP contribution in [0.5, 0.6) is 11.5 Å². The van der Waals surface area contributed by atoms with Crippen molar-refractivity contribution in [2.45, 2.75) is 51.2 Å². The first-order valence-corrected chi connectivity index (χ1v) is 14.1. The van der Waals surface area contributed by atoms with Crippen LogP contribution in [0.3, 0.4) is 0 Å². The summed E-state index contributed by atoms with van der Waals surface area (Å²) in [6, 6.07) is 23.7. The number of amides is 1. The van der Waals surface area contributed by atoms with Gasteiger partial charge in [-0.3, -0.25) is 4.79 Å². The maximum Gasteiger partial charge on any atom is 0.240 e. The molecule has 5 rings (SSSR count). The number of H-pyrrole nitrogens is 1. The van der Waals surface area contributed by atoms with Gasteiger partial charge in [-0.2, -0.15) is 0 Å². The fourth-order valence-electron chi connectivity index (χ4n) is 5.08. The first-order valence-electron chi connectivity index (χ1n) is 14.1. The van der Waals surface area contributed by atoms with Crippen LogP contribution in [-0.2, 0) is 30.6 Å². The van der Waals surface area contributed by atoms with Crippen LogP contribution in [0.4, 0.5) is 0 Å². The fraction of sp³-hybridized carbons (Fsp3) is 0.303. The quantitative estimate of drug-likeness (QED) is 0.201. The Hall–Kier alpha value is -4.63. The number of aromatic nitrogens is 4. The van der Waals surface area contributed by atoms with Crippen molar-refractivity contribution in [1.82, 2.24) is 25.1 Å². The Kier molecular flexibility index (Phi) is 8.59. The Balaban J connectivity index is 1.57. The van der Waals surface area contributed by atoms with E-state index in [1.165, 1.54) is 5.56 Å². The highest BCUT2D eigenvalue weighted by Crippen LogP contribution is 2.28. The van der Waals surface area contributed by atoms with Crippen molar-refractivity contribution in [2.24, 2.45) is 5.73 Å². The van der Waals surface area contributed by atoms with Crippen molar-refractivity contribution in [3.8, 4) is 11.5 Å². The lowest BCUT2D eigenvalue weighted by atomic mass is 10.0. The zero-order chi connectivity index (χ0) is 29.7. The average molecular weight is 567 g/mol. The Morgan fingerprint density at radius 1 is 0.952 bits per heavy atom. The van der Waals surface area contributed by atoms with Crippen LogP contribution < -0.4 is 20.5 Å². The summed E-state index contributed by atoms with van der Waals surface area (Å²) in [5.74, 6) is 2.59. The van der Waals surface area contributed by atoms with Gasteiger partial charge in [0.2, 0.25) is 5.91 Å². The Morgan fingerprint density at radius 3 is 2.33 bits per heavy atom. The molecule has 3 aromatic carbocycles. The first-order chi connectivity index (χ1) is 20.2. The minimum absolute atomic E-state index is 0.268. The first kappa shape index (κ1) is 28.9. The lowest BCUT2D eigenvalue weighted by Gasteiger charge is -2.25. The normalized spacial score (nSPS) is 12.3. The van der Waals surface area contributed by atoms with E-state index in [0.717, 1.165) is 34.3 Å². The second-order valence-corrected chi connectivity index (χ2v) is 11.1. The number of methoxy groups -OCH3 is 2. The third kappa shape index (κ3) is 6.63. The highest BCUT2D eigenvalue weighted by atomic mass is 16.5. The van der Waals surface area contributed by atoms with Crippen LogP contribution in [0.25, 0.3) is 10.9 Å². The molecule has 0 saturated carbocycles. The van der Waals surface area contributed by atoms with E-state index in [4.69, 9.17) is 20.3 Å². The van der Waals surface area contributed by atoms with Crippen molar-refractivity contribution in [1.29, 1.82) is 0 Å². The summed E-state index contributed by atoms with van der Waals surface area (Å²) >= 11 is 0. The molecule has 0 saturated heterocycles. The molecule has 0 radical (unpaired) electrons. The van der Waals surface area contributed by atoms with E-state index in [2.05, 4.69) is 38.2 Å². The second kappa shape index (κ2) is 12.5. The lowest BCUT2D eigenvalue weighted by Crippen LogP contribution is -2.50. The highest BCUT2D eigenvalue weighted by Gasteiger charge is 2.29. The van der Waals surface area contributed by atoms with Gasteiger partial charge >= 0.3 is 0 Å². The summed E-state index contributed by atoms with van der Waals surface area (Å²) in [5.41, 5.74) is 9.43. The standard InChI is InChI=1S/C33H38N6O3/c1-33(2,34)32(40)36-29(18-24-20-35-28-13-9-8-12-27(24)28)31-38-37-30(15-14-22-10-6-5-7-11-22)39(31)21-23-16-25(41-3)19-26(17-23)42-4/h5-13,16-17,19-20,29,35H,14-15,18,21,34H2,1-4H3,(H,36,40)/t29-/m1/s1. The minimum atomic E-state index is -1.07. The van der Waals surface area contributed by atoms with Gasteiger partial charge in [0.05, 0.1) is 32.3 Å². The smallest absolute Gasteiger partial charge is 0.240 e. The van der Waals surface area contributed by atoms with Gasteiger partial charge in [0.25, 0.3) is 0 Å². The Bertz CT molecular complexity index is 1630. The molecular weight excluding hydrogens is 528 g/mol. The number of nitrogens with two attached hydrogens (primary N) is 1. The van der Waals surface area contributed by atoms with Crippen LogP contribution >= 0.6 is 0 Å². The van der Waals surface area contributed by atoms with Crippen LogP contribution in [0.1, 0.15) is 48.2 Å². The lowest BCUT2D eigenvalue weighted by molar-refractivity contribution is -0.126. The van der Waals surface area contributed by atoms with Crippen molar-refractivity contribution >= 4 is 16.8 Å². The van der Waals surface area contributed by atoms with Crippen LogP contribution in [0.15, 0.2) is 79.0 Å². The van der Waals surface area contributed by atoms with Gasteiger partial charge in [-0.05, 0) is 55.2 Å². The van der Waals surface area contributed by atoms with Gasteiger partial charge in [0, 0.05) is 36.0 Å². The molecule has 0 aliphatic rings. The van der Waals surface area contributed by atoms with Crippen molar-refractivity contribution in [3.05, 3.63) is 107 Å². The van der Waals surface area contributed by atoms with Gasteiger partial charge in [-0.1, -0.05) is 48.5 Å². The summed E-state index contributed by atoms with van der Waals surface area (Å²) in [5, 5.41) is 13.6. The number of para-hydroxylation sites is 1. The number of carbonyl (C=O) groups is 1. The number of hydrogen-bond acceptors (Lipinski definition) is 6. The molecule has 2 heterocycles.